The number of carbonyl (C=O) groups is 1. The third kappa shape index (κ3) is 4.92. The van der Waals surface area contributed by atoms with Gasteiger partial charge in [-0.15, -0.1) is 0 Å². The highest BCUT2D eigenvalue weighted by Crippen LogP contribution is 2.33. The van der Waals surface area contributed by atoms with Crippen LogP contribution in [0.15, 0.2) is 72.8 Å². The van der Waals surface area contributed by atoms with Gasteiger partial charge < -0.3 is 20.1 Å². The van der Waals surface area contributed by atoms with E-state index in [4.69, 9.17) is 9.47 Å². The zero-order valence-corrected chi connectivity index (χ0v) is 17.8. The molecule has 3 rings (SSSR count). The lowest BCUT2D eigenvalue weighted by Gasteiger charge is -2.24. The Balaban J connectivity index is 1.80. The number of anilines is 1. The van der Waals surface area contributed by atoms with E-state index in [0.29, 0.717) is 11.5 Å². The van der Waals surface area contributed by atoms with E-state index in [1.165, 1.54) is 0 Å². The molecule has 5 nitrogen and oxygen atoms in total. The zero-order valence-electron chi connectivity index (χ0n) is 17.8. The molecular weight excluding hydrogens is 376 g/mol. The summed E-state index contributed by atoms with van der Waals surface area (Å²) >= 11 is 0. The number of methoxy groups -OCH3 is 2. The number of aryl methyl sites for hydroxylation is 1. The molecule has 0 aromatic heterocycles. The monoisotopic (exact) mass is 404 g/mol. The van der Waals surface area contributed by atoms with Gasteiger partial charge in [0, 0.05) is 11.8 Å². The summed E-state index contributed by atoms with van der Waals surface area (Å²) in [7, 11) is 3.20. The third-order valence-electron chi connectivity index (χ3n) is 5.05. The molecule has 0 aliphatic rings. The molecule has 30 heavy (non-hydrogen) atoms. The molecule has 0 fully saturated rings. The van der Waals surface area contributed by atoms with Crippen molar-refractivity contribution in [2.45, 2.75) is 25.9 Å². The van der Waals surface area contributed by atoms with Crippen molar-refractivity contribution < 1.29 is 14.3 Å². The van der Waals surface area contributed by atoms with E-state index < -0.39 is 6.04 Å². The van der Waals surface area contributed by atoms with Crippen LogP contribution in [0.3, 0.4) is 0 Å². The maximum absolute atomic E-state index is 13.1. The van der Waals surface area contributed by atoms with Crippen LogP contribution in [-0.4, -0.2) is 26.2 Å². The molecule has 1 amide bonds. The Kier molecular flexibility index (Phi) is 6.96. The van der Waals surface area contributed by atoms with Gasteiger partial charge in [0.1, 0.15) is 6.04 Å². The van der Waals surface area contributed by atoms with E-state index in [-0.39, 0.29) is 11.9 Å². The van der Waals surface area contributed by atoms with Gasteiger partial charge >= 0.3 is 0 Å². The molecule has 2 N–H and O–H groups in total. The second-order valence-electron chi connectivity index (χ2n) is 7.15. The number of ether oxygens (including phenoxy) is 2. The lowest BCUT2D eigenvalue weighted by atomic mass is 9.98. The molecule has 156 valence electrons. The van der Waals surface area contributed by atoms with Crippen LogP contribution in [0, 0.1) is 6.92 Å². The fraction of sp³-hybridized carbons (Fsp3) is 0.240. The van der Waals surface area contributed by atoms with Crippen molar-refractivity contribution >= 4 is 11.6 Å². The Morgan fingerprint density at radius 2 is 1.33 bits per heavy atom. The van der Waals surface area contributed by atoms with Crippen LogP contribution in [0.25, 0.3) is 0 Å². The van der Waals surface area contributed by atoms with Crippen LogP contribution in [0.1, 0.15) is 29.7 Å². The standard InChI is InChI=1S/C25H28N2O3/c1-17-15-22(29-3)23(30-4)16-21(17)26-18(2)25(28)27-24(19-11-7-5-8-12-19)20-13-9-6-10-14-20/h5-16,18,24,26H,1-4H3,(H,27,28). The van der Waals surface area contributed by atoms with Gasteiger partial charge in [0.2, 0.25) is 5.91 Å². The highest BCUT2D eigenvalue weighted by atomic mass is 16.5. The molecule has 1 atom stereocenters. The van der Waals surface area contributed by atoms with Crippen LogP contribution in [-0.2, 0) is 4.79 Å². The first-order chi connectivity index (χ1) is 14.5. The summed E-state index contributed by atoms with van der Waals surface area (Å²) in [6.07, 6.45) is 0. The van der Waals surface area contributed by atoms with Crippen LogP contribution in [0.4, 0.5) is 5.69 Å². The van der Waals surface area contributed by atoms with Crippen molar-refractivity contribution in [3.63, 3.8) is 0 Å². The van der Waals surface area contributed by atoms with Gasteiger partial charge in [-0.25, -0.2) is 0 Å². The highest BCUT2D eigenvalue weighted by molar-refractivity contribution is 5.85. The summed E-state index contributed by atoms with van der Waals surface area (Å²) in [5.41, 5.74) is 3.86. The summed E-state index contributed by atoms with van der Waals surface area (Å²) in [4.78, 5) is 13.1. The number of carbonyl (C=O) groups excluding carboxylic acids is 1. The highest BCUT2D eigenvalue weighted by Gasteiger charge is 2.21. The summed E-state index contributed by atoms with van der Waals surface area (Å²) in [6, 6.07) is 23.0. The lowest BCUT2D eigenvalue weighted by Crippen LogP contribution is -2.40. The van der Waals surface area contributed by atoms with E-state index >= 15 is 0 Å². The summed E-state index contributed by atoms with van der Waals surface area (Å²) in [6.45, 7) is 3.81. The van der Waals surface area contributed by atoms with E-state index in [9.17, 15) is 4.79 Å². The second kappa shape index (κ2) is 9.83. The van der Waals surface area contributed by atoms with Crippen LogP contribution >= 0.6 is 0 Å². The lowest BCUT2D eigenvalue weighted by molar-refractivity contribution is -0.122. The molecule has 1 unspecified atom stereocenters. The Morgan fingerprint density at radius 3 is 1.83 bits per heavy atom. The number of nitrogens with one attached hydrogen (secondary N) is 2. The smallest absolute Gasteiger partial charge is 0.242 e. The number of rotatable bonds is 8. The van der Waals surface area contributed by atoms with E-state index in [2.05, 4.69) is 10.6 Å². The summed E-state index contributed by atoms with van der Waals surface area (Å²) < 4.78 is 10.7. The maximum Gasteiger partial charge on any atom is 0.242 e. The first-order valence-electron chi connectivity index (χ1n) is 9.93. The normalized spacial score (nSPS) is 11.6. The molecule has 0 bridgehead atoms. The second-order valence-corrected chi connectivity index (χ2v) is 7.15. The van der Waals surface area contributed by atoms with Gasteiger partial charge in [0.15, 0.2) is 11.5 Å². The average molecular weight is 405 g/mol. The minimum atomic E-state index is -0.447. The predicted octanol–water partition coefficient (Wildman–Crippen LogP) is 4.72. The third-order valence-corrected chi connectivity index (χ3v) is 5.05. The van der Waals surface area contributed by atoms with E-state index in [1.807, 2.05) is 86.6 Å². The molecule has 3 aromatic carbocycles. The molecule has 3 aromatic rings. The maximum atomic E-state index is 13.1. The van der Waals surface area contributed by atoms with Gasteiger partial charge in [-0.2, -0.15) is 0 Å². The largest absolute Gasteiger partial charge is 0.493 e. The fourth-order valence-corrected chi connectivity index (χ4v) is 3.35. The Morgan fingerprint density at radius 1 is 0.833 bits per heavy atom. The molecule has 0 aliphatic heterocycles. The predicted molar refractivity (Wildman–Crippen MR) is 120 cm³/mol. The number of hydrogen-bond donors (Lipinski definition) is 2. The molecule has 0 heterocycles. The quantitative estimate of drug-likeness (QED) is 0.570. The van der Waals surface area contributed by atoms with Gasteiger partial charge in [-0.05, 0) is 36.6 Å². The first kappa shape index (κ1) is 21.2. The topological polar surface area (TPSA) is 59.6 Å². The van der Waals surface area contributed by atoms with Crippen LogP contribution in [0.2, 0.25) is 0 Å². The molecule has 0 saturated heterocycles. The van der Waals surface area contributed by atoms with Crippen molar-refractivity contribution in [1.29, 1.82) is 0 Å². The zero-order chi connectivity index (χ0) is 21.5. The molecule has 0 saturated carbocycles. The van der Waals surface area contributed by atoms with Crippen molar-refractivity contribution in [3.05, 3.63) is 89.5 Å². The van der Waals surface area contributed by atoms with E-state index in [1.54, 1.807) is 14.2 Å². The first-order valence-corrected chi connectivity index (χ1v) is 9.93. The van der Waals surface area contributed by atoms with Gasteiger partial charge in [-0.1, -0.05) is 60.7 Å². The molecule has 0 radical (unpaired) electrons. The number of hydrogen-bond acceptors (Lipinski definition) is 4. The number of amides is 1. The number of benzene rings is 3. The van der Waals surface area contributed by atoms with Crippen molar-refractivity contribution in [1.82, 2.24) is 5.32 Å². The van der Waals surface area contributed by atoms with Crippen LogP contribution in [0.5, 0.6) is 11.5 Å². The minimum Gasteiger partial charge on any atom is -0.493 e. The van der Waals surface area contributed by atoms with Crippen LogP contribution < -0.4 is 20.1 Å². The summed E-state index contributed by atoms with van der Waals surface area (Å²) in [5, 5.41) is 6.48. The van der Waals surface area contributed by atoms with Crippen molar-refractivity contribution in [2.24, 2.45) is 0 Å². The minimum absolute atomic E-state index is 0.0955. The molecule has 5 heteroatoms. The Hall–Kier alpha value is -3.47. The SMILES string of the molecule is COc1cc(C)c(NC(C)C(=O)NC(c2ccccc2)c2ccccc2)cc1OC. The Bertz CT molecular complexity index is 935. The van der Waals surface area contributed by atoms with Gasteiger partial charge in [-0.3, -0.25) is 4.79 Å². The summed E-state index contributed by atoms with van der Waals surface area (Å²) in [5.74, 6) is 1.18. The molecule has 0 aliphatic carbocycles. The van der Waals surface area contributed by atoms with Crippen molar-refractivity contribution in [3.8, 4) is 11.5 Å². The average Bonchev–Trinajstić information content (AvgIpc) is 2.79. The molecular formula is C25H28N2O3. The van der Waals surface area contributed by atoms with Crippen molar-refractivity contribution in [2.75, 3.05) is 19.5 Å². The fourth-order valence-electron chi connectivity index (χ4n) is 3.35. The van der Waals surface area contributed by atoms with Gasteiger partial charge in [0.05, 0.1) is 20.3 Å². The Labute approximate surface area is 178 Å². The van der Waals surface area contributed by atoms with E-state index in [0.717, 1.165) is 22.4 Å². The van der Waals surface area contributed by atoms with Gasteiger partial charge in [0.25, 0.3) is 0 Å². The molecule has 0 spiro atoms.